The number of benzene rings is 2. The zero-order valence-electron chi connectivity index (χ0n) is 22.9. The van der Waals surface area contributed by atoms with Gasteiger partial charge in [-0.3, -0.25) is 4.79 Å². The molecule has 2 aromatic carbocycles. The zero-order chi connectivity index (χ0) is 26.8. The van der Waals surface area contributed by atoms with Crippen molar-refractivity contribution in [3.63, 3.8) is 0 Å². The summed E-state index contributed by atoms with van der Waals surface area (Å²) >= 11 is 0. The summed E-state index contributed by atoms with van der Waals surface area (Å²) in [5.41, 5.74) is 4.61. The fourth-order valence-electron chi connectivity index (χ4n) is 6.38. The van der Waals surface area contributed by atoms with Crippen molar-refractivity contribution in [3.8, 4) is 17.1 Å². The first-order valence-corrected chi connectivity index (χ1v) is 14.3. The highest BCUT2D eigenvalue weighted by atomic mass is 16.5. The van der Waals surface area contributed by atoms with E-state index in [1.54, 1.807) is 11.8 Å². The molecule has 0 spiro atoms. The van der Waals surface area contributed by atoms with E-state index in [0.717, 1.165) is 55.8 Å². The van der Waals surface area contributed by atoms with Gasteiger partial charge < -0.3 is 19.9 Å². The molecule has 204 valence electrons. The molecule has 1 aliphatic carbocycles. The van der Waals surface area contributed by atoms with Gasteiger partial charge in [0.05, 0.1) is 18.4 Å². The van der Waals surface area contributed by atoms with Crippen molar-refractivity contribution in [2.24, 2.45) is 7.05 Å². The Morgan fingerprint density at radius 2 is 1.85 bits per heavy atom. The lowest BCUT2D eigenvalue weighted by Gasteiger charge is -2.38. The van der Waals surface area contributed by atoms with Gasteiger partial charge in [-0.2, -0.15) is 5.10 Å². The molecule has 39 heavy (non-hydrogen) atoms. The quantitative estimate of drug-likeness (QED) is 0.351. The van der Waals surface area contributed by atoms with Crippen LogP contribution in [-0.2, 0) is 13.5 Å². The highest BCUT2D eigenvalue weighted by Gasteiger charge is 2.26. The third-order valence-corrected chi connectivity index (χ3v) is 8.40. The van der Waals surface area contributed by atoms with E-state index in [1.807, 2.05) is 13.1 Å². The molecule has 3 heterocycles. The molecule has 1 atom stereocenters. The summed E-state index contributed by atoms with van der Waals surface area (Å²) in [6, 6.07) is 17.2. The van der Waals surface area contributed by atoms with Crippen molar-refractivity contribution in [1.82, 2.24) is 25.1 Å². The number of aryl methyl sites for hydroxylation is 1. The molecule has 0 amide bonds. The molecule has 2 fully saturated rings. The third-order valence-electron chi connectivity index (χ3n) is 8.40. The molecule has 2 aliphatic rings. The number of hydrogen-bond acceptors (Lipinski definition) is 6. The predicted molar refractivity (Wildman–Crippen MR) is 156 cm³/mol. The van der Waals surface area contributed by atoms with Crippen molar-refractivity contribution < 1.29 is 4.74 Å². The summed E-state index contributed by atoms with van der Waals surface area (Å²) in [7, 11) is 3.56. The smallest absolute Gasteiger partial charge is 0.262 e. The van der Waals surface area contributed by atoms with Gasteiger partial charge in [0.1, 0.15) is 17.0 Å². The SMILES string of the molecule is COc1cc(N2CCNCC2Cc2ccccc2)ccc1-c1nc2c(c(C3CCCCCC3)nn2C)c(=O)[nH]1. The number of aromatic nitrogens is 4. The van der Waals surface area contributed by atoms with Gasteiger partial charge >= 0.3 is 0 Å². The van der Waals surface area contributed by atoms with E-state index in [0.29, 0.717) is 34.6 Å². The van der Waals surface area contributed by atoms with E-state index in [1.165, 1.54) is 31.2 Å². The van der Waals surface area contributed by atoms with Crippen LogP contribution in [0.5, 0.6) is 5.75 Å². The number of rotatable bonds is 6. The summed E-state index contributed by atoms with van der Waals surface area (Å²) in [4.78, 5) is 23.9. The molecule has 1 aliphatic heterocycles. The first kappa shape index (κ1) is 25.6. The van der Waals surface area contributed by atoms with E-state index in [-0.39, 0.29) is 5.56 Å². The van der Waals surface area contributed by atoms with Gasteiger partial charge in [-0.1, -0.05) is 56.0 Å². The second kappa shape index (κ2) is 11.2. The van der Waals surface area contributed by atoms with Crippen LogP contribution < -0.4 is 20.5 Å². The molecule has 4 aromatic rings. The Labute approximate surface area is 229 Å². The normalized spacial score (nSPS) is 18.8. The van der Waals surface area contributed by atoms with Gasteiger partial charge in [0.2, 0.25) is 0 Å². The van der Waals surface area contributed by atoms with Crippen LogP contribution in [0.2, 0.25) is 0 Å². The molecule has 2 aromatic heterocycles. The van der Waals surface area contributed by atoms with E-state index in [4.69, 9.17) is 14.8 Å². The van der Waals surface area contributed by atoms with E-state index in [9.17, 15) is 4.79 Å². The number of aromatic amines is 1. The summed E-state index contributed by atoms with van der Waals surface area (Å²) in [5.74, 6) is 1.52. The van der Waals surface area contributed by atoms with Gasteiger partial charge in [0.25, 0.3) is 5.56 Å². The maximum absolute atomic E-state index is 13.5. The number of piperazine rings is 1. The second-order valence-corrected chi connectivity index (χ2v) is 10.9. The number of nitrogens with zero attached hydrogens (tertiary/aromatic N) is 4. The van der Waals surface area contributed by atoms with Crippen LogP contribution in [0.3, 0.4) is 0 Å². The Morgan fingerprint density at radius 1 is 1.05 bits per heavy atom. The largest absolute Gasteiger partial charge is 0.496 e. The first-order valence-electron chi connectivity index (χ1n) is 14.3. The van der Waals surface area contributed by atoms with Gasteiger partial charge in [-0.05, 0) is 37.0 Å². The second-order valence-electron chi connectivity index (χ2n) is 10.9. The average Bonchev–Trinajstić information content (AvgIpc) is 3.12. The molecule has 1 saturated carbocycles. The lowest BCUT2D eigenvalue weighted by molar-refractivity contribution is 0.415. The Kier molecular flexibility index (Phi) is 7.37. The van der Waals surface area contributed by atoms with E-state index < -0.39 is 0 Å². The highest BCUT2D eigenvalue weighted by molar-refractivity contribution is 5.81. The lowest BCUT2D eigenvalue weighted by Crippen LogP contribution is -2.52. The summed E-state index contributed by atoms with van der Waals surface area (Å²) in [5, 5.41) is 8.98. The molecule has 6 rings (SSSR count). The minimum absolute atomic E-state index is 0.126. The number of hydrogen-bond donors (Lipinski definition) is 2. The molecule has 8 nitrogen and oxygen atoms in total. The van der Waals surface area contributed by atoms with Crippen molar-refractivity contribution in [2.45, 2.75) is 56.9 Å². The minimum Gasteiger partial charge on any atom is -0.496 e. The van der Waals surface area contributed by atoms with E-state index in [2.05, 4.69) is 57.7 Å². The van der Waals surface area contributed by atoms with Crippen molar-refractivity contribution in [3.05, 3.63) is 70.1 Å². The van der Waals surface area contributed by atoms with E-state index >= 15 is 0 Å². The van der Waals surface area contributed by atoms with Gasteiger partial charge in [-0.15, -0.1) is 0 Å². The third kappa shape index (κ3) is 5.17. The monoisotopic (exact) mass is 526 g/mol. The maximum Gasteiger partial charge on any atom is 0.262 e. The average molecular weight is 527 g/mol. The van der Waals surface area contributed by atoms with Crippen LogP contribution in [0.15, 0.2) is 53.3 Å². The number of H-pyrrole nitrogens is 1. The molecule has 0 radical (unpaired) electrons. The number of nitrogens with one attached hydrogen (secondary N) is 2. The van der Waals surface area contributed by atoms with Crippen LogP contribution in [0.25, 0.3) is 22.4 Å². The van der Waals surface area contributed by atoms with Gasteiger partial charge in [0.15, 0.2) is 5.65 Å². The number of methoxy groups -OCH3 is 1. The fraction of sp³-hybridized carbons (Fsp3) is 0.452. The van der Waals surface area contributed by atoms with Crippen molar-refractivity contribution in [1.29, 1.82) is 0 Å². The Balaban J connectivity index is 1.33. The fourth-order valence-corrected chi connectivity index (χ4v) is 6.38. The molecule has 2 N–H and O–H groups in total. The Bertz CT molecular complexity index is 1490. The van der Waals surface area contributed by atoms with Crippen LogP contribution >= 0.6 is 0 Å². The molecular formula is C31H38N6O2. The van der Waals surface area contributed by atoms with Gasteiger partial charge in [-0.25, -0.2) is 9.67 Å². The van der Waals surface area contributed by atoms with Gasteiger partial charge in [0, 0.05) is 50.4 Å². The topological polar surface area (TPSA) is 88.1 Å². The van der Waals surface area contributed by atoms with Crippen LogP contribution in [0, 0.1) is 0 Å². The molecule has 8 heteroatoms. The van der Waals surface area contributed by atoms with Crippen molar-refractivity contribution in [2.75, 3.05) is 31.6 Å². The molecular weight excluding hydrogens is 488 g/mol. The first-order chi connectivity index (χ1) is 19.1. The molecule has 1 saturated heterocycles. The number of anilines is 1. The summed E-state index contributed by atoms with van der Waals surface area (Å²) < 4.78 is 7.62. The maximum atomic E-state index is 13.5. The zero-order valence-corrected chi connectivity index (χ0v) is 22.9. The number of fused-ring (bicyclic) bond motifs is 1. The Hall–Kier alpha value is -3.65. The minimum atomic E-state index is -0.126. The summed E-state index contributed by atoms with van der Waals surface area (Å²) in [6.45, 7) is 2.78. The predicted octanol–water partition coefficient (Wildman–Crippen LogP) is 4.79. The van der Waals surface area contributed by atoms with Crippen LogP contribution in [-0.4, -0.2) is 52.5 Å². The van der Waals surface area contributed by atoms with Crippen LogP contribution in [0.1, 0.15) is 55.7 Å². The molecule has 0 bridgehead atoms. The van der Waals surface area contributed by atoms with Crippen molar-refractivity contribution >= 4 is 16.7 Å². The number of ether oxygens (including phenoxy) is 1. The Morgan fingerprint density at radius 3 is 2.62 bits per heavy atom. The standard InChI is InChI=1S/C31H38N6O2/c1-36-30-27(28(35-36)22-12-8-3-4-9-13-22)31(38)34-29(33-30)25-15-14-23(19-26(25)39-2)37-17-16-32-20-24(37)18-21-10-6-5-7-11-21/h5-7,10-11,14-15,19,22,24,32H,3-4,8-9,12-13,16-18,20H2,1-2H3,(H,33,34,38). The lowest BCUT2D eigenvalue weighted by atomic mass is 9.95. The molecule has 1 unspecified atom stereocenters. The van der Waals surface area contributed by atoms with Crippen LogP contribution in [0.4, 0.5) is 5.69 Å². The summed E-state index contributed by atoms with van der Waals surface area (Å²) in [6.07, 6.45) is 8.03. The highest BCUT2D eigenvalue weighted by Crippen LogP contribution is 2.36.